The summed E-state index contributed by atoms with van der Waals surface area (Å²) in [7, 11) is -1.62. The molecule has 142 valence electrons. The molecule has 0 saturated carbocycles. The molecule has 0 radical (unpaired) electrons. The predicted molar refractivity (Wildman–Crippen MR) is 102 cm³/mol. The number of likely N-dealkylation sites (N-methyl/N-ethyl adjacent to an activating group) is 1. The van der Waals surface area contributed by atoms with Crippen LogP contribution in [-0.4, -0.2) is 57.5 Å². The summed E-state index contributed by atoms with van der Waals surface area (Å²) in [4.78, 5) is 5.83. The summed E-state index contributed by atoms with van der Waals surface area (Å²) in [6, 6.07) is 8.61. The van der Waals surface area contributed by atoms with Crippen molar-refractivity contribution in [2.45, 2.75) is 23.9 Å². The number of sulfonamides is 1. The van der Waals surface area contributed by atoms with E-state index in [1.54, 1.807) is 11.3 Å². The topological polar surface area (TPSA) is 52.7 Å². The van der Waals surface area contributed by atoms with Crippen LogP contribution < -0.4 is 4.72 Å². The van der Waals surface area contributed by atoms with E-state index in [9.17, 15) is 12.8 Å². The van der Waals surface area contributed by atoms with Gasteiger partial charge in [0.15, 0.2) is 0 Å². The van der Waals surface area contributed by atoms with Crippen LogP contribution in [0, 0.1) is 5.82 Å². The van der Waals surface area contributed by atoms with E-state index in [1.165, 1.54) is 12.1 Å². The van der Waals surface area contributed by atoms with Gasteiger partial charge in [0.1, 0.15) is 5.82 Å². The first-order valence-electron chi connectivity index (χ1n) is 8.61. The maximum Gasteiger partial charge on any atom is 0.240 e. The molecule has 2 heterocycles. The number of nitrogens with zero attached hydrogens (tertiary/aromatic N) is 2. The number of rotatable bonds is 6. The van der Waals surface area contributed by atoms with Gasteiger partial charge < -0.3 is 4.90 Å². The zero-order valence-electron chi connectivity index (χ0n) is 14.9. The van der Waals surface area contributed by atoms with Gasteiger partial charge in [0.2, 0.25) is 10.0 Å². The van der Waals surface area contributed by atoms with E-state index in [0.717, 1.165) is 43.2 Å². The highest BCUT2D eigenvalue weighted by Gasteiger charge is 2.31. The van der Waals surface area contributed by atoms with Crippen molar-refractivity contribution < 1.29 is 12.8 Å². The summed E-state index contributed by atoms with van der Waals surface area (Å²) in [6.45, 7) is 5.59. The molecule has 0 aliphatic carbocycles. The maximum atomic E-state index is 13.1. The molecule has 1 fully saturated rings. The lowest BCUT2D eigenvalue weighted by Crippen LogP contribution is -2.51. The highest BCUT2D eigenvalue weighted by atomic mass is 32.2. The van der Waals surface area contributed by atoms with Gasteiger partial charge in [-0.05, 0) is 49.7 Å². The van der Waals surface area contributed by atoms with E-state index in [2.05, 4.69) is 27.6 Å². The second kappa shape index (κ2) is 8.14. The van der Waals surface area contributed by atoms with Gasteiger partial charge in [-0.1, -0.05) is 6.07 Å². The molecule has 1 aliphatic rings. The van der Waals surface area contributed by atoms with Crippen molar-refractivity contribution >= 4 is 21.4 Å². The Kier molecular flexibility index (Phi) is 6.09. The lowest BCUT2D eigenvalue weighted by molar-refractivity contribution is 0.0994. The smallest absolute Gasteiger partial charge is 0.240 e. The first-order chi connectivity index (χ1) is 12.4. The van der Waals surface area contributed by atoms with Gasteiger partial charge in [-0.3, -0.25) is 4.90 Å². The van der Waals surface area contributed by atoms with Gasteiger partial charge in [0.25, 0.3) is 0 Å². The molecule has 1 aromatic heterocycles. The monoisotopic (exact) mass is 397 g/mol. The molecule has 0 unspecified atom stereocenters. The molecule has 2 aromatic rings. The fraction of sp³-hybridized carbons (Fsp3) is 0.444. The number of nitrogens with one attached hydrogen (secondary N) is 1. The molecule has 1 N–H and O–H groups in total. The third-order valence-electron chi connectivity index (χ3n) is 4.70. The standard InChI is InChI=1S/C18H24FN3O2S2/c1-14(20-26(23,24)16-7-5-15(19)6-8-16)18(17-4-3-13-25-17)22-11-9-21(2)10-12-22/h3-8,13-14,18,20H,9-12H2,1-2H3/t14-,18+/m1/s1. The minimum Gasteiger partial charge on any atom is -0.304 e. The lowest BCUT2D eigenvalue weighted by atomic mass is 10.1. The van der Waals surface area contributed by atoms with Crippen molar-refractivity contribution in [3.8, 4) is 0 Å². The summed E-state index contributed by atoms with van der Waals surface area (Å²) >= 11 is 1.64. The summed E-state index contributed by atoms with van der Waals surface area (Å²) in [5.41, 5.74) is 0. The zero-order chi connectivity index (χ0) is 18.7. The fourth-order valence-corrected chi connectivity index (χ4v) is 5.51. The summed E-state index contributed by atoms with van der Waals surface area (Å²) in [5, 5.41) is 2.01. The van der Waals surface area contributed by atoms with Crippen LogP contribution in [0.5, 0.6) is 0 Å². The van der Waals surface area contributed by atoms with Crippen molar-refractivity contribution in [1.82, 2.24) is 14.5 Å². The molecular formula is C18H24FN3O2S2. The van der Waals surface area contributed by atoms with E-state index in [-0.39, 0.29) is 17.0 Å². The Labute approximate surface area is 158 Å². The Morgan fingerprint density at radius 3 is 2.35 bits per heavy atom. The average molecular weight is 398 g/mol. The van der Waals surface area contributed by atoms with E-state index in [4.69, 9.17) is 0 Å². The van der Waals surface area contributed by atoms with Crippen molar-refractivity contribution in [3.05, 3.63) is 52.5 Å². The van der Waals surface area contributed by atoms with Crippen LogP contribution in [0.15, 0.2) is 46.7 Å². The maximum absolute atomic E-state index is 13.1. The minimum atomic E-state index is -3.71. The Bertz CT molecular complexity index is 801. The first kappa shape index (κ1) is 19.4. The minimum absolute atomic E-state index is 0.0288. The third kappa shape index (κ3) is 4.50. The second-order valence-corrected chi connectivity index (χ2v) is 9.36. The summed E-state index contributed by atoms with van der Waals surface area (Å²) < 4.78 is 41.3. The second-order valence-electron chi connectivity index (χ2n) is 6.66. The fourth-order valence-electron chi connectivity index (χ4n) is 3.29. The van der Waals surface area contributed by atoms with Crippen LogP contribution in [-0.2, 0) is 10.0 Å². The van der Waals surface area contributed by atoms with E-state index < -0.39 is 15.8 Å². The van der Waals surface area contributed by atoms with Crippen molar-refractivity contribution in [1.29, 1.82) is 0 Å². The largest absolute Gasteiger partial charge is 0.304 e. The Morgan fingerprint density at radius 1 is 1.12 bits per heavy atom. The third-order valence-corrected chi connectivity index (χ3v) is 7.22. The lowest BCUT2D eigenvalue weighted by Gasteiger charge is -2.40. The van der Waals surface area contributed by atoms with Crippen LogP contribution in [0.3, 0.4) is 0 Å². The molecule has 0 amide bonds. The molecule has 0 spiro atoms. The van der Waals surface area contributed by atoms with Crippen LogP contribution in [0.25, 0.3) is 0 Å². The molecule has 1 aromatic carbocycles. The molecule has 1 aliphatic heterocycles. The molecule has 5 nitrogen and oxygen atoms in total. The number of halogens is 1. The average Bonchev–Trinajstić information content (AvgIpc) is 3.11. The first-order valence-corrected chi connectivity index (χ1v) is 11.0. The van der Waals surface area contributed by atoms with E-state index in [1.807, 2.05) is 18.4 Å². The van der Waals surface area contributed by atoms with Gasteiger partial charge in [-0.15, -0.1) is 11.3 Å². The predicted octanol–water partition coefficient (Wildman–Crippen LogP) is 2.54. The molecule has 1 saturated heterocycles. The Morgan fingerprint density at radius 2 is 1.77 bits per heavy atom. The van der Waals surface area contributed by atoms with Crippen molar-refractivity contribution in [2.24, 2.45) is 0 Å². The highest BCUT2D eigenvalue weighted by Crippen LogP contribution is 2.30. The quantitative estimate of drug-likeness (QED) is 0.814. The number of hydrogen-bond donors (Lipinski definition) is 1. The normalized spacial score (nSPS) is 19.3. The number of thiophene rings is 1. The number of piperazine rings is 1. The van der Waals surface area contributed by atoms with Crippen LogP contribution in [0.4, 0.5) is 4.39 Å². The van der Waals surface area contributed by atoms with Gasteiger partial charge in [-0.2, -0.15) is 0 Å². The molecule has 3 rings (SSSR count). The van der Waals surface area contributed by atoms with Gasteiger partial charge in [-0.25, -0.2) is 17.5 Å². The molecule has 8 heteroatoms. The highest BCUT2D eigenvalue weighted by molar-refractivity contribution is 7.89. The summed E-state index contributed by atoms with van der Waals surface area (Å²) in [6.07, 6.45) is 0. The molecule has 26 heavy (non-hydrogen) atoms. The van der Waals surface area contributed by atoms with Crippen molar-refractivity contribution in [2.75, 3.05) is 33.2 Å². The van der Waals surface area contributed by atoms with Crippen LogP contribution in [0.2, 0.25) is 0 Å². The van der Waals surface area contributed by atoms with Gasteiger partial charge >= 0.3 is 0 Å². The van der Waals surface area contributed by atoms with E-state index in [0.29, 0.717) is 0 Å². The summed E-state index contributed by atoms with van der Waals surface area (Å²) in [5.74, 6) is -0.453. The van der Waals surface area contributed by atoms with Crippen molar-refractivity contribution in [3.63, 3.8) is 0 Å². The van der Waals surface area contributed by atoms with Gasteiger partial charge in [0, 0.05) is 37.1 Å². The van der Waals surface area contributed by atoms with Crippen LogP contribution in [0.1, 0.15) is 17.8 Å². The number of hydrogen-bond acceptors (Lipinski definition) is 5. The SMILES string of the molecule is C[C@@H](NS(=O)(=O)c1ccc(F)cc1)[C@@H](c1cccs1)N1CCN(C)CC1. The van der Waals surface area contributed by atoms with E-state index >= 15 is 0 Å². The zero-order valence-corrected chi connectivity index (χ0v) is 16.6. The Balaban J connectivity index is 1.81. The molecule has 2 atom stereocenters. The number of benzene rings is 1. The molecule has 0 bridgehead atoms. The van der Waals surface area contributed by atoms with Crippen LogP contribution >= 0.6 is 11.3 Å². The Hall–Kier alpha value is -1.32. The van der Waals surface area contributed by atoms with Gasteiger partial charge in [0.05, 0.1) is 10.9 Å². The molecular weight excluding hydrogens is 373 g/mol.